The minimum absolute atomic E-state index is 0.0487. The van der Waals surface area contributed by atoms with Crippen molar-refractivity contribution in [1.82, 2.24) is 9.13 Å². The summed E-state index contributed by atoms with van der Waals surface area (Å²) in [4.78, 5) is 5.41. The van der Waals surface area contributed by atoms with Gasteiger partial charge in [-0.2, -0.15) is 0 Å². The number of nitrogens with zero attached hydrogens (tertiary/aromatic N) is 3. The molecule has 2 aromatic heterocycles. The first-order chi connectivity index (χ1) is 16.3. The van der Waals surface area contributed by atoms with Gasteiger partial charge in [0.05, 0.1) is 16.7 Å². The van der Waals surface area contributed by atoms with Crippen molar-refractivity contribution in [3.05, 3.63) is 95.3 Å². The number of para-hydroxylation sites is 2. The Labute approximate surface area is 194 Å². The maximum atomic E-state index is 5.41. The molecule has 4 aromatic rings. The van der Waals surface area contributed by atoms with Crippen LogP contribution in [-0.2, 0) is 6.42 Å². The number of dihydropyridines is 1. The van der Waals surface area contributed by atoms with Gasteiger partial charge in [-0.15, -0.1) is 0 Å². The molecule has 0 radical (unpaired) electrons. The van der Waals surface area contributed by atoms with Crippen molar-refractivity contribution in [1.29, 1.82) is 0 Å². The summed E-state index contributed by atoms with van der Waals surface area (Å²) in [5.74, 6) is 1.61. The van der Waals surface area contributed by atoms with Gasteiger partial charge in [0.25, 0.3) is 0 Å². The number of allylic oxidation sites excluding steroid dienone is 3. The lowest BCUT2D eigenvalue weighted by molar-refractivity contribution is 0.556. The van der Waals surface area contributed by atoms with Gasteiger partial charge in [-0.05, 0) is 60.6 Å². The van der Waals surface area contributed by atoms with Crippen molar-refractivity contribution in [3.63, 3.8) is 0 Å². The van der Waals surface area contributed by atoms with Crippen molar-refractivity contribution in [3.8, 4) is 0 Å². The minimum Gasteiger partial charge on any atom is -0.317 e. The van der Waals surface area contributed by atoms with Gasteiger partial charge in [-0.3, -0.25) is 4.57 Å². The third-order valence-corrected chi connectivity index (χ3v) is 7.52. The lowest BCUT2D eigenvalue weighted by Gasteiger charge is -2.23. The molecule has 7 rings (SSSR count). The summed E-state index contributed by atoms with van der Waals surface area (Å²) in [6.45, 7) is 2.36. The van der Waals surface area contributed by atoms with Gasteiger partial charge in [-0.25, -0.2) is 4.99 Å². The van der Waals surface area contributed by atoms with Crippen molar-refractivity contribution in [2.75, 3.05) is 0 Å². The van der Waals surface area contributed by atoms with Gasteiger partial charge in [0.1, 0.15) is 12.0 Å². The summed E-state index contributed by atoms with van der Waals surface area (Å²) in [6.07, 6.45) is 18.1. The Hall–Kier alpha value is -3.59. The maximum Gasteiger partial charge on any atom is 0.134 e. The van der Waals surface area contributed by atoms with Gasteiger partial charge < -0.3 is 4.57 Å². The molecule has 0 N–H and O–H groups in total. The van der Waals surface area contributed by atoms with E-state index in [1.54, 1.807) is 0 Å². The first-order valence-corrected chi connectivity index (χ1v) is 12.1. The summed E-state index contributed by atoms with van der Waals surface area (Å²) < 4.78 is 4.89. The third kappa shape index (κ3) is 2.72. The largest absolute Gasteiger partial charge is 0.317 e. The van der Waals surface area contributed by atoms with E-state index in [1.807, 2.05) is 0 Å². The predicted octanol–water partition coefficient (Wildman–Crippen LogP) is 7.48. The molecular weight excluding hydrogens is 402 g/mol. The zero-order chi connectivity index (χ0) is 21.9. The fraction of sp³-hybridized carbons (Fsp3) is 0.233. The minimum atomic E-state index is 0.0487. The summed E-state index contributed by atoms with van der Waals surface area (Å²) in [5, 5.41) is 2.61. The van der Waals surface area contributed by atoms with E-state index in [0.717, 1.165) is 31.5 Å². The number of aromatic nitrogens is 2. The van der Waals surface area contributed by atoms with E-state index in [2.05, 4.69) is 101 Å². The molecule has 3 heteroatoms. The Morgan fingerprint density at radius 3 is 2.33 bits per heavy atom. The fourth-order valence-electron chi connectivity index (χ4n) is 6.09. The second kappa shape index (κ2) is 7.21. The van der Waals surface area contributed by atoms with Crippen LogP contribution in [-0.4, -0.2) is 15.0 Å². The van der Waals surface area contributed by atoms with Crippen LogP contribution in [0.4, 0.5) is 0 Å². The molecule has 2 atom stereocenters. The molecule has 0 bridgehead atoms. The van der Waals surface area contributed by atoms with Crippen LogP contribution < -0.4 is 0 Å². The van der Waals surface area contributed by atoms with E-state index in [0.29, 0.717) is 5.92 Å². The Balaban J connectivity index is 1.45. The van der Waals surface area contributed by atoms with Crippen LogP contribution in [0.3, 0.4) is 0 Å². The highest BCUT2D eigenvalue weighted by Gasteiger charge is 2.29. The molecule has 1 aliphatic heterocycles. The average molecular weight is 430 g/mol. The van der Waals surface area contributed by atoms with Crippen molar-refractivity contribution >= 4 is 39.8 Å². The quantitative estimate of drug-likeness (QED) is 0.299. The lowest BCUT2D eigenvalue weighted by atomic mass is 9.88. The van der Waals surface area contributed by atoms with Crippen LogP contribution >= 0.6 is 0 Å². The average Bonchev–Trinajstić information content (AvgIpc) is 3.38. The van der Waals surface area contributed by atoms with Crippen LogP contribution in [0.15, 0.2) is 77.8 Å². The van der Waals surface area contributed by atoms with Crippen LogP contribution in [0, 0.1) is 0 Å². The zero-order valence-corrected chi connectivity index (χ0v) is 18.9. The van der Waals surface area contributed by atoms with E-state index in [-0.39, 0.29) is 6.17 Å². The van der Waals surface area contributed by atoms with E-state index >= 15 is 0 Å². The number of hydrogen-bond acceptors (Lipinski definition) is 1. The summed E-state index contributed by atoms with van der Waals surface area (Å²) in [6, 6.07) is 17.5. The Morgan fingerprint density at radius 1 is 0.818 bits per heavy atom. The van der Waals surface area contributed by atoms with Gasteiger partial charge in [-0.1, -0.05) is 67.6 Å². The van der Waals surface area contributed by atoms with Crippen molar-refractivity contribution in [2.24, 2.45) is 4.99 Å². The number of aliphatic imine (C=N–C) groups is 1. The van der Waals surface area contributed by atoms with Crippen molar-refractivity contribution in [2.45, 2.75) is 44.7 Å². The first-order valence-electron chi connectivity index (χ1n) is 12.1. The predicted molar refractivity (Wildman–Crippen MR) is 139 cm³/mol. The monoisotopic (exact) mass is 429 g/mol. The Kier molecular flexibility index (Phi) is 4.14. The van der Waals surface area contributed by atoms with Gasteiger partial charge >= 0.3 is 0 Å². The van der Waals surface area contributed by atoms with E-state index in [9.17, 15) is 0 Å². The molecule has 33 heavy (non-hydrogen) atoms. The second-order valence-corrected chi connectivity index (χ2v) is 9.49. The first kappa shape index (κ1) is 18.9. The SMILES string of the molecule is CC1CC=Cc2c1c1c(n2C2=N[C@@H](n3c4ccccc4c4ccccc43)CC=C2)CCC=C1. The molecule has 0 saturated heterocycles. The molecular formula is C30H27N3. The van der Waals surface area contributed by atoms with E-state index in [1.165, 1.54) is 44.3 Å². The molecule has 2 aliphatic carbocycles. The number of hydrogen-bond donors (Lipinski definition) is 0. The van der Waals surface area contributed by atoms with Gasteiger partial charge in [0.15, 0.2) is 0 Å². The van der Waals surface area contributed by atoms with E-state index in [4.69, 9.17) is 4.99 Å². The molecule has 3 aliphatic rings. The molecule has 0 amide bonds. The highest BCUT2D eigenvalue weighted by Crippen LogP contribution is 2.40. The Bertz CT molecular complexity index is 1480. The van der Waals surface area contributed by atoms with Gasteiger partial charge in [0, 0.05) is 22.9 Å². The van der Waals surface area contributed by atoms with Gasteiger partial charge in [0.2, 0.25) is 0 Å². The van der Waals surface area contributed by atoms with Crippen LogP contribution in [0.5, 0.6) is 0 Å². The number of rotatable bonds is 1. The van der Waals surface area contributed by atoms with Crippen LogP contribution in [0.2, 0.25) is 0 Å². The van der Waals surface area contributed by atoms with Crippen LogP contribution in [0.1, 0.15) is 60.8 Å². The summed E-state index contributed by atoms with van der Waals surface area (Å²) in [7, 11) is 0. The third-order valence-electron chi connectivity index (χ3n) is 7.52. The second-order valence-electron chi connectivity index (χ2n) is 9.49. The fourth-order valence-corrected chi connectivity index (χ4v) is 6.09. The summed E-state index contributed by atoms with van der Waals surface area (Å²) >= 11 is 0. The van der Waals surface area contributed by atoms with E-state index < -0.39 is 0 Å². The van der Waals surface area contributed by atoms with Crippen molar-refractivity contribution < 1.29 is 0 Å². The molecule has 0 fully saturated rings. The molecule has 1 unspecified atom stereocenters. The highest BCUT2D eigenvalue weighted by atomic mass is 15.2. The highest BCUT2D eigenvalue weighted by molar-refractivity contribution is 6.08. The molecule has 0 spiro atoms. The smallest absolute Gasteiger partial charge is 0.134 e. The number of benzene rings is 2. The molecule has 3 heterocycles. The normalized spacial score (nSPS) is 21.4. The maximum absolute atomic E-state index is 5.41. The molecule has 0 saturated carbocycles. The molecule has 2 aromatic carbocycles. The standard InChI is InChI=1S/C30H27N3/c1-20-10-8-17-27-30(20)23-13-4-7-16-26(23)33(27)29-19-9-18-28(31-29)32-24-14-5-2-11-21(24)22-12-3-6-15-25(22)32/h2-6,8-9,11-15,17,19-20,28H,7,10,16,18H2,1H3/t20?,28-/m0/s1. The summed E-state index contributed by atoms with van der Waals surface area (Å²) in [5.41, 5.74) is 8.20. The Morgan fingerprint density at radius 2 is 1.55 bits per heavy atom. The number of fused-ring (bicyclic) bond motifs is 6. The lowest BCUT2D eigenvalue weighted by Crippen LogP contribution is -2.21. The zero-order valence-electron chi connectivity index (χ0n) is 18.9. The van der Waals surface area contributed by atoms with Crippen LogP contribution in [0.25, 0.3) is 34.0 Å². The molecule has 3 nitrogen and oxygen atoms in total. The topological polar surface area (TPSA) is 22.2 Å². The molecule has 162 valence electrons.